The molecule has 136 valence electrons. The molecule has 1 aliphatic rings. The Labute approximate surface area is 168 Å². The lowest BCUT2D eigenvalue weighted by Crippen LogP contribution is -2.36. The van der Waals surface area contributed by atoms with Crippen molar-refractivity contribution in [3.63, 3.8) is 0 Å². The number of fused-ring (bicyclic) bond motifs is 3. The Morgan fingerprint density at radius 3 is 2.44 bits per heavy atom. The van der Waals surface area contributed by atoms with Crippen LogP contribution in [0.2, 0.25) is 0 Å². The van der Waals surface area contributed by atoms with Crippen molar-refractivity contribution in [1.29, 1.82) is 0 Å². The summed E-state index contributed by atoms with van der Waals surface area (Å²) in [5, 5.41) is 1.50. The largest absolute Gasteiger partial charge is 0.995 e. The Morgan fingerprint density at radius 2 is 1.74 bits per heavy atom. The van der Waals surface area contributed by atoms with E-state index in [4.69, 9.17) is 13.7 Å². The first-order valence-corrected chi connectivity index (χ1v) is 9.33. The molecule has 1 heterocycles. The van der Waals surface area contributed by atoms with Gasteiger partial charge in [-0.2, -0.15) is 0 Å². The van der Waals surface area contributed by atoms with Gasteiger partial charge in [0.25, 0.3) is 5.78 Å². The smallest absolute Gasteiger partial charge is 0.568 e. The zero-order valence-electron chi connectivity index (χ0n) is 14.3. The summed E-state index contributed by atoms with van der Waals surface area (Å²) in [5.41, 5.74) is 1.35. The Hall–Kier alpha value is -2.42. The van der Waals surface area contributed by atoms with E-state index in [1.807, 2.05) is 24.3 Å². The van der Waals surface area contributed by atoms with Gasteiger partial charge >= 0.3 is 7.11 Å². The summed E-state index contributed by atoms with van der Waals surface area (Å²) in [4.78, 5) is 0. The molecule has 0 saturated heterocycles. The van der Waals surface area contributed by atoms with Crippen molar-refractivity contribution < 1.29 is 22.4 Å². The zero-order chi connectivity index (χ0) is 19.0. The van der Waals surface area contributed by atoms with Gasteiger partial charge in [0, 0.05) is 15.0 Å². The number of rotatable bonds is 3. The third kappa shape index (κ3) is 3.56. The average Bonchev–Trinajstić information content (AvgIpc) is 2.67. The van der Waals surface area contributed by atoms with Crippen LogP contribution in [0.5, 0.6) is 11.5 Å². The van der Waals surface area contributed by atoms with Crippen molar-refractivity contribution in [2.24, 2.45) is 0 Å². The summed E-state index contributed by atoms with van der Waals surface area (Å²) in [6, 6.07) is 16.4. The van der Waals surface area contributed by atoms with Gasteiger partial charge in [-0.3, -0.25) is 0 Å². The lowest BCUT2D eigenvalue weighted by atomic mass is 9.98. The van der Waals surface area contributed by atoms with Crippen LogP contribution in [0.15, 0.2) is 60.7 Å². The average molecular weight is 478 g/mol. The number of hydrogen-bond donors (Lipinski definition) is 0. The van der Waals surface area contributed by atoms with E-state index in [1.165, 1.54) is 0 Å². The van der Waals surface area contributed by atoms with E-state index in [2.05, 4.69) is 22.6 Å². The predicted octanol–water partition coefficient (Wildman–Crippen LogP) is 5.65. The van der Waals surface area contributed by atoms with Crippen LogP contribution >= 0.6 is 22.6 Å². The topological polar surface area (TPSA) is 29.8 Å². The second-order valence-corrected chi connectivity index (χ2v) is 7.18. The number of ketones is 1. The molecule has 27 heavy (non-hydrogen) atoms. The molecule has 0 unspecified atom stereocenters. The van der Waals surface area contributed by atoms with Crippen molar-refractivity contribution in [2.75, 3.05) is 7.11 Å². The molecule has 0 fully saturated rings. The lowest BCUT2D eigenvalue weighted by molar-refractivity contribution is -0.179. The number of methoxy groups -OCH3 is 1. The molecule has 0 amide bonds. The molecule has 0 aliphatic carbocycles. The van der Waals surface area contributed by atoms with Crippen LogP contribution in [0.1, 0.15) is 15.5 Å². The Balaban J connectivity index is 1.81. The van der Waals surface area contributed by atoms with Gasteiger partial charge in [-0.05, 0) is 57.8 Å². The molecule has 4 rings (SSSR count). The fourth-order valence-electron chi connectivity index (χ4n) is 3.00. The molecular weight excluding hydrogens is 464 g/mol. The Bertz CT molecular complexity index is 1080. The molecule has 0 saturated carbocycles. The molecule has 3 aromatic rings. The number of benzene rings is 3. The SMILES string of the molecule is COc1ccc(/C=C/C2=[O+][B-](F)(F)Oc3c2cc(I)c2ccccc32)cc1. The molecule has 0 atom stereocenters. The monoisotopic (exact) mass is 478 g/mol. The summed E-state index contributed by atoms with van der Waals surface area (Å²) >= 11 is 2.19. The molecule has 0 aromatic heterocycles. The molecule has 0 N–H and O–H groups in total. The minimum absolute atomic E-state index is 0.0840. The van der Waals surface area contributed by atoms with Crippen LogP contribution in [0, 0.1) is 3.57 Å². The highest BCUT2D eigenvalue weighted by Gasteiger charge is 2.54. The van der Waals surface area contributed by atoms with Gasteiger partial charge in [0.15, 0.2) is 0 Å². The lowest BCUT2D eigenvalue weighted by Gasteiger charge is -2.22. The van der Waals surface area contributed by atoms with Crippen molar-refractivity contribution in [1.82, 2.24) is 0 Å². The van der Waals surface area contributed by atoms with Gasteiger partial charge in [-0.1, -0.05) is 36.4 Å². The van der Waals surface area contributed by atoms with Gasteiger partial charge in [0.05, 0.1) is 7.11 Å². The first-order valence-electron chi connectivity index (χ1n) is 8.25. The normalized spacial score (nSPS) is 15.3. The number of hydrogen-bond acceptors (Lipinski definition) is 2. The molecule has 0 spiro atoms. The molecule has 3 aromatic carbocycles. The molecule has 1 aliphatic heterocycles. The van der Waals surface area contributed by atoms with E-state index < -0.39 is 7.11 Å². The van der Waals surface area contributed by atoms with Crippen LogP contribution < -0.4 is 9.39 Å². The van der Waals surface area contributed by atoms with Gasteiger partial charge in [0.1, 0.15) is 17.1 Å². The number of allylic oxidation sites excluding steroid dienone is 1. The highest BCUT2D eigenvalue weighted by molar-refractivity contribution is 14.1. The van der Waals surface area contributed by atoms with Gasteiger partial charge in [-0.25, -0.2) is 0 Å². The number of ether oxygens (including phenoxy) is 1. The van der Waals surface area contributed by atoms with Gasteiger partial charge < -0.3 is 22.4 Å². The maximum absolute atomic E-state index is 14.1. The third-order valence-corrected chi connectivity index (χ3v) is 5.16. The highest BCUT2D eigenvalue weighted by Crippen LogP contribution is 2.38. The fraction of sp³-hybridized carbons (Fsp3) is 0.0500. The predicted molar refractivity (Wildman–Crippen MR) is 112 cm³/mol. The summed E-state index contributed by atoms with van der Waals surface area (Å²) in [5.74, 6) is 0.959. The van der Waals surface area contributed by atoms with Crippen LogP contribution in [-0.2, 0) is 0 Å². The summed E-state index contributed by atoms with van der Waals surface area (Å²) in [6.07, 6.45) is 3.27. The quantitative estimate of drug-likeness (QED) is 0.211. The third-order valence-electron chi connectivity index (χ3n) is 4.27. The van der Waals surface area contributed by atoms with E-state index in [0.717, 1.165) is 20.3 Å². The van der Waals surface area contributed by atoms with Crippen molar-refractivity contribution in [3.05, 3.63) is 75.4 Å². The van der Waals surface area contributed by atoms with Gasteiger partial charge in [-0.15, -0.1) is 0 Å². The first kappa shape index (κ1) is 18.0. The van der Waals surface area contributed by atoms with E-state index in [1.54, 1.807) is 49.6 Å². The number of carbonyl (C=O) groups excluding carboxylic acids is 1. The Morgan fingerprint density at radius 1 is 1.04 bits per heavy atom. The minimum Gasteiger partial charge on any atom is -0.568 e. The van der Waals surface area contributed by atoms with Crippen LogP contribution in [-0.4, -0.2) is 20.0 Å². The minimum atomic E-state index is -4.44. The summed E-state index contributed by atoms with van der Waals surface area (Å²) in [6.45, 7) is 0. The molecule has 0 radical (unpaired) electrons. The van der Waals surface area contributed by atoms with Gasteiger partial charge in [0.2, 0.25) is 0 Å². The fourth-order valence-corrected chi connectivity index (χ4v) is 3.78. The van der Waals surface area contributed by atoms with E-state index in [0.29, 0.717) is 10.9 Å². The zero-order valence-corrected chi connectivity index (χ0v) is 16.4. The first-order chi connectivity index (χ1) is 13.0. The van der Waals surface area contributed by atoms with Crippen LogP contribution in [0.25, 0.3) is 16.8 Å². The van der Waals surface area contributed by atoms with E-state index >= 15 is 0 Å². The molecule has 0 bridgehead atoms. The second kappa shape index (κ2) is 6.96. The second-order valence-electron chi connectivity index (χ2n) is 6.02. The van der Waals surface area contributed by atoms with Crippen LogP contribution in [0.4, 0.5) is 8.63 Å². The highest BCUT2D eigenvalue weighted by atomic mass is 127. The van der Waals surface area contributed by atoms with Crippen molar-refractivity contribution in [3.8, 4) is 11.5 Å². The van der Waals surface area contributed by atoms with E-state index in [9.17, 15) is 8.63 Å². The summed E-state index contributed by atoms with van der Waals surface area (Å²) < 4.78 is 44.1. The number of halogens is 3. The Kier molecular flexibility index (Phi) is 4.63. The maximum Gasteiger partial charge on any atom is 0.995 e. The summed E-state index contributed by atoms with van der Waals surface area (Å²) in [7, 11) is -2.85. The van der Waals surface area contributed by atoms with Crippen LogP contribution in [0.3, 0.4) is 0 Å². The molecular formula is C20H14BF2IO3. The maximum atomic E-state index is 14.1. The molecule has 7 heteroatoms. The van der Waals surface area contributed by atoms with Crippen molar-refractivity contribution in [2.45, 2.75) is 0 Å². The van der Waals surface area contributed by atoms with E-state index in [-0.39, 0.29) is 11.5 Å². The van der Waals surface area contributed by atoms with Crippen molar-refractivity contribution >= 4 is 52.3 Å². The molecule has 3 nitrogen and oxygen atoms in total. The standard InChI is InChI=1S/C20H14BF2IO3/c1-25-14-9-6-13(7-10-14)8-11-19-17-12-18(24)15-4-2-3-5-16(15)20(17)27-21(22,23)26-19/h2-12H,1H3/b11-8+.